The number of carbonyl (C=O) groups is 2. The van der Waals surface area contributed by atoms with Crippen molar-refractivity contribution in [3.63, 3.8) is 0 Å². The lowest BCUT2D eigenvalue weighted by atomic mass is 9.88. The Morgan fingerprint density at radius 3 is 2.35 bits per heavy atom. The molecule has 0 fully saturated rings. The number of ether oxygens (including phenoxy) is 1. The summed E-state index contributed by atoms with van der Waals surface area (Å²) < 4.78 is 5.41. The summed E-state index contributed by atoms with van der Waals surface area (Å²) >= 11 is 0. The molecule has 3 aromatic rings. The quantitative estimate of drug-likeness (QED) is 0.581. The number of benzene rings is 3. The molecule has 0 radical (unpaired) electrons. The maximum Gasteiger partial charge on any atom is 0.264 e. The van der Waals surface area contributed by atoms with Gasteiger partial charge in [0.25, 0.3) is 5.91 Å². The molecule has 0 aromatic heterocycles. The Morgan fingerprint density at radius 1 is 1.00 bits per heavy atom. The Kier molecular flexibility index (Phi) is 5.61. The molecule has 31 heavy (non-hydrogen) atoms. The van der Waals surface area contributed by atoms with Crippen LogP contribution in [0.2, 0.25) is 0 Å². The van der Waals surface area contributed by atoms with E-state index in [1.165, 1.54) is 0 Å². The third-order valence-corrected chi connectivity index (χ3v) is 5.60. The van der Waals surface area contributed by atoms with Crippen molar-refractivity contribution in [1.29, 1.82) is 0 Å². The van der Waals surface area contributed by atoms with Gasteiger partial charge in [-0.1, -0.05) is 48.0 Å². The highest BCUT2D eigenvalue weighted by atomic mass is 16.5. The molecule has 5 nitrogen and oxygen atoms in total. The summed E-state index contributed by atoms with van der Waals surface area (Å²) in [5.74, 6) is -0.108. The molecule has 0 saturated carbocycles. The number of nitrogens with zero attached hydrogens (tertiary/aromatic N) is 1. The average Bonchev–Trinajstić information content (AvgIpc) is 2.98. The molecule has 0 bridgehead atoms. The smallest absolute Gasteiger partial charge is 0.264 e. The number of rotatable bonds is 7. The Labute approximate surface area is 181 Å². The van der Waals surface area contributed by atoms with E-state index in [2.05, 4.69) is 0 Å². The topological polar surface area (TPSA) is 66.8 Å². The molecule has 1 amide bonds. The lowest BCUT2D eigenvalue weighted by Crippen LogP contribution is -2.41. The summed E-state index contributed by atoms with van der Waals surface area (Å²) in [6.07, 6.45) is -0.318. The maximum atomic E-state index is 13.4. The van der Waals surface area contributed by atoms with Gasteiger partial charge in [-0.05, 0) is 49.7 Å². The van der Waals surface area contributed by atoms with E-state index >= 15 is 0 Å². The summed E-state index contributed by atoms with van der Waals surface area (Å²) in [4.78, 5) is 27.9. The fourth-order valence-electron chi connectivity index (χ4n) is 3.95. The van der Waals surface area contributed by atoms with Gasteiger partial charge in [-0.3, -0.25) is 9.59 Å². The van der Waals surface area contributed by atoms with E-state index in [9.17, 15) is 14.7 Å². The van der Waals surface area contributed by atoms with Crippen LogP contribution in [0.25, 0.3) is 0 Å². The van der Waals surface area contributed by atoms with Crippen LogP contribution in [-0.2, 0) is 16.9 Å². The van der Waals surface area contributed by atoms with Gasteiger partial charge in [0.1, 0.15) is 5.75 Å². The minimum atomic E-state index is -1.89. The number of hydrogen-bond donors (Lipinski definition) is 1. The number of hydrogen-bond acceptors (Lipinski definition) is 4. The Hall–Kier alpha value is -3.44. The van der Waals surface area contributed by atoms with Crippen molar-refractivity contribution in [1.82, 2.24) is 0 Å². The van der Waals surface area contributed by atoms with Crippen molar-refractivity contribution in [3.05, 3.63) is 95.1 Å². The van der Waals surface area contributed by atoms with E-state index < -0.39 is 11.5 Å². The van der Waals surface area contributed by atoms with Crippen LogP contribution in [0, 0.1) is 6.92 Å². The first-order valence-electron chi connectivity index (χ1n) is 10.4. The van der Waals surface area contributed by atoms with Crippen LogP contribution in [0.1, 0.15) is 40.4 Å². The molecule has 4 rings (SSSR count). The van der Waals surface area contributed by atoms with E-state index in [1.807, 2.05) is 44.2 Å². The third-order valence-electron chi connectivity index (χ3n) is 5.60. The normalized spacial score (nSPS) is 17.5. The van der Waals surface area contributed by atoms with Crippen LogP contribution < -0.4 is 9.64 Å². The largest absolute Gasteiger partial charge is 0.494 e. The second kappa shape index (κ2) is 8.36. The Morgan fingerprint density at radius 2 is 1.68 bits per heavy atom. The zero-order valence-corrected chi connectivity index (χ0v) is 17.7. The minimum absolute atomic E-state index is 0.300. The van der Waals surface area contributed by atoms with Crippen molar-refractivity contribution >= 4 is 17.4 Å². The first kappa shape index (κ1) is 20.8. The maximum absolute atomic E-state index is 13.4. The first-order chi connectivity index (χ1) is 14.9. The molecular formula is C26H25NO4. The molecule has 1 atom stereocenters. The molecule has 0 unspecified atom stereocenters. The fourth-order valence-corrected chi connectivity index (χ4v) is 3.95. The van der Waals surface area contributed by atoms with Gasteiger partial charge < -0.3 is 14.7 Å². The second-order valence-corrected chi connectivity index (χ2v) is 7.81. The van der Waals surface area contributed by atoms with Crippen molar-refractivity contribution < 1.29 is 19.4 Å². The number of aliphatic hydroxyl groups is 1. The number of anilines is 1. The molecule has 1 N–H and O–H groups in total. The van der Waals surface area contributed by atoms with E-state index in [0.717, 1.165) is 11.1 Å². The van der Waals surface area contributed by atoms with Crippen LogP contribution in [0.3, 0.4) is 0 Å². The highest BCUT2D eigenvalue weighted by molar-refractivity contribution is 6.10. The van der Waals surface area contributed by atoms with Crippen molar-refractivity contribution in [2.75, 3.05) is 11.5 Å². The van der Waals surface area contributed by atoms with Crippen LogP contribution in [-0.4, -0.2) is 23.4 Å². The number of Topliss-reactive ketones (excluding diaryl/α,β-unsaturated/α-hetero) is 1. The molecular weight excluding hydrogens is 390 g/mol. The van der Waals surface area contributed by atoms with Crippen LogP contribution in [0.15, 0.2) is 72.8 Å². The molecule has 1 heterocycles. The predicted octanol–water partition coefficient (Wildman–Crippen LogP) is 4.40. The number of para-hydroxylation sites is 1. The Bertz CT molecular complexity index is 1110. The number of carbonyl (C=O) groups excluding carboxylic acids is 2. The standard InChI is InChI=1S/C26H25NO4/c1-3-31-21-14-12-20(13-15-21)24(28)16-26(30)22-6-4-5-7-23(22)27(25(26)29)17-19-10-8-18(2)9-11-19/h4-15,30H,3,16-17H2,1-2H3/t26-/m1/s1. The molecule has 1 aliphatic rings. The zero-order chi connectivity index (χ0) is 22.0. The summed E-state index contributed by atoms with van der Waals surface area (Å²) in [5, 5.41) is 11.4. The van der Waals surface area contributed by atoms with Crippen molar-refractivity contribution in [2.24, 2.45) is 0 Å². The third kappa shape index (κ3) is 3.97. The monoisotopic (exact) mass is 415 g/mol. The molecule has 3 aromatic carbocycles. The molecule has 5 heteroatoms. The summed E-state index contributed by atoms with van der Waals surface area (Å²) in [7, 11) is 0. The highest BCUT2D eigenvalue weighted by Crippen LogP contribution is 2.43. The average molecular weight is 415 g/mol. The lowest BCUT2D eigenvalue weighted by Gasteiger charge is -2.23. The number of aryl methyl sites for hydroxylation is 1. The number of amides is 1. The van der Waals surface area contributed by atoms with Gasteiger partial charge in [-0.25, -0.2) is 0 Å². The van der Waals surface area contributed by atoms with Gasteiger partial charge in [0, 0.05) is 11.1 Å². The number of fused-ring (bicyclic) bond motifs is 1. The van der Waals surface area contributed by atoms with Gasteiger partial charge in [-0.2, -0.15) is 0 Å². The van der Waals surface area contributed by atoms with Crippen LogP contribution >= 0.6 is 0 Å². The first-order valence-corrected chi connectivity index (χ1v) is 10.4. The summed E-state index contributed by atoms with van der Waals surface area (Å²) in [6.45, 7) is 4.76. The van der Waals surface area contributed by atoms with Crippen LogP contribution in [0.4, 0.5) is 5.69 Å². The number of ketones is 1. The molecule has 158 valence electrons. The molecule has 0 spiro atoms. The van der Waals surface area contributed by atoms with Crippen molar-refractivity contribution in [2.45, 2.75) is 32.4 Å². The predicted molar refractivity (Wildman–Crippen MR) is 119 cm³/mol. The SMILES string of the molecule is CCOc1ccc(C(=O)C[C@]2(O)C(=O)N(Cc3ccc(C)cc3)c3ccccc32)cc1. The van der Waals surface area contributed by atoms with Gasteiger partial charge in [0.05, 0.1) is 25.3 Å². The molecule has 0 aliphatic carbocycles. The van der Waals surface area contributed by atoms with E-state index in [0.29, 0.717) is 35.7 Å². The van der Waals surface area contributed by atoms with Crippen molar-refractivity contribution in [3.8, 4) is 5.75 Å². The Balaban J connectivity index is 1.61. The molecule has 1 aliphatic heterocycles. The second-order valence-electron chi connectivity index (χ2n) is 7.81. The minimum Gasteiger partial charge on any atom is -0.494 e. The van der Waals surface area contributed by atoms with Gasteiger partial charge >= 0.3 is 0 Å². The highest BCUT2D eigenvalue weighted by Gasteiger charge is 2.50. The van der Waals surface area contributed by atoms with Gasteiger partial charge in [0.2, 0.25) is 0 Å². The van der Waals surface area contributed by atoms with E-state index in [-0.39, 0.29) is 12.2 Å². The van der Waals surface area contributed by atoms with Crippen LogP contribution in [0.5, 0.6) is 5.75 Å². The zero-order valence-electron chi connectivity index (χ0n) is 17.7. The van der Waals surface area contributed by atoms with E-state index in [4.69, 9.17) is 4.74 Å². The summed E-state index contributed by atoms with van der Waals surface area (Å²) in [6, 6.07) is 21.8. The summed E-state index contributed by atoms with van der Waals surface area (Å²) in [5.41, 5.74) is 1.72. The van der Waals surface area contributed by atoms with E-state index in [1.54, 1.807) is 47.4 Å². The lowest BCUT2D eigenvalue weighted by molar-refractivity contribution is -0.136. The van der Waals surface area contributed by atoms with Gasteiger partial charge in [-0.15, -0.1) is 0 Å². The fraction of sp³-hybridized carbons (Fsp3) is 0.231. The van der Waals surface area contributed by atoms with Gasteiger partial charge in [0.15, 0.2) is 11.4 Å². The molecule has 0 saturated heterocycles.